The Labute approximate surface area is 180 Å². The maximum Gasteiger partial charge on any atom is 0.255 e. The van der Waals surface area contributed by atoms with Gasteiger partial charge in [0.1, 0.15) is 5.75 Å². The van der Waals surface area contributed by atoms with Gasteiger partial charge in [-0.05, 0) is 42.5 Å². The second-order valence-corrected chi connectivity index (χ2v) is 7.59. The third-order valence-corrected chi connectivity index (χ3v) is 5.43. The van der Waals surface area contributed by atoms with Crippen LogP contribution in [0.3, 0.4) is 0 Å². The number of carbonyl (C=O) groups is 2. The van der Waals surface area contributed by atoms with Crippen molar-refractivity contribution in [3.63, 3.8) is 0 Å². The van der Waals surface area contributed by atoms with Crippen LogP contribution in [0.5, 0.6) is 5.75 Å². The summed E-state index contributed by atoms with van der Waals surface area (Å²) in [6.45, 7) is 3.99. The van der Waals surface area contributed by atoms with E-state index in [0.717, 1.165) is 19.6 Å². The van der Waals surface area contributed by atoms with Gasteiger partial charge in [-0.1, -0.05) is 23.2 Å². The molecule has 8 heteroatoms. The quantitative estimate of drug-likeness (QED) is 0.756. The van der Waals surface area contributed by atoms with Crippen LogP contribution in [0, 0.1) is 0 Å². The maximum atomic E-state index is 12.7. The molecule has 0 atom stereocenters. The molecule has 6 nitrogen and oxygen atoms in total. The highest BCUT2D eigenvalue weighted by molar-refractivity contribution is 6.36. The normalized spacial score (nSPS) is 14.5. The van der Waals surface area contributed by atoms with Crippen LogP contribution in [0.4, 0.5) is 0 Å². The van der Waals surface area contributed by atoms with E-state index in [4.69, 9.17) is 27.9 Å². The first-order valence-electron chi connectivity index (χ1n) is 9.37. The lowest BCUT2D eigenvalue weighted by Crippen LogP contribution is -2.50. The molecule has 1 saturated heterocycles. The first kappa shape index (κ1) is 21.4. The monoisotopic (exact) mass is 435 g/mol. The summed E-state index contributed by atoms with van der Waals surface area (Å²) in [5, 5.41) is 3.80. The summed E-state index contributed by atoms with van der Waals surface area (Å²) in [6, 6.07) is 11.9. The summed E-state index contributed by atoms with van der Waals surface area (Å²) < 4.78 is 5.10. The minimum atomic E-state index is -0.112. The van der Waals surface area contributed by atoms with Crippen LogP contribution >= 0.6 is 23.2 Å². The Kier molecular flexibility index (Phi) is 7.36. The van der Waals surface area contributed by atoms with E-state index in [1.807, 2.05) is 0 Å². The molecular weight excluding hydrogens is 413 g/mol. The number of methoxy groups -OCH3 is 1. The number of rotatable bonds is 6. The van der Waals surface area contributed by atoms with E-state index in [1.54, 1.807) is 54.5 Å². The van der Waals surface area contributed by atoms with Gasteiger partial charge in [-0.2, -0.15) is 0 Å². The van der Waals surface area contributed by atoms with Gasteiger partial charge in [-0.3, -0.25) is 14.5 Å². The van der Waals surface area contributed by atoms with E-state index >= 15 is 0 Å². The molecule has 1 heterocycles. The lowest BCUT2D eigenvalue weighted by molar-refractivity contribution is 0.0638. The number of nitrogens with zero attached hydrogens (tertiary/aromatic N) is 2. The van der Waals surface area contributed by atoms with Crippen molar-refractivity contribution in [2.24, 2.45) is 0 Å². The molecule has 2 aromatic carbocycles. The van der Waals surface area contributed by atoms with Gasteiger partial charge in [0.25, 0.3) is 11.8 Å². The molecule has 1 fully saturated rings. The highest BCUT2D eigenvalue weighted by atomic mass is 35.5. The Hall–Kier alpha value is -2.28. The first-order chi connectivity index (χ1) is 14.0. The number of hydrogen-bond acceptors (Lipinski definition) is 4. The molecule has 0 unspecified atom stereocenters. The van der Waals surface area contributed by atoms with Crippen molar-refractivity contribution >= 4 is 35.0 Å². The Morgan fingerprint density at radius 3 is 2.34 bits per heavy atom. The number of hydrogen-bond donors (Lipinski definition) is 1. The minimum absolute atomic E-state index is 0.0841. The predicted octanol–water partition coefficient (Wildman–Crippen LogP) is 3.19. The molecule has 0 saturated carbocycles. The molecule has 3 rings (SSSR count). The van der Waals surface area contributed by atoms with Crippen molar-refractivity contribution in [2.45, 2.75) is 0 Å². The summed E-state index contributed by atoms with van der Waals surface area (Å²) in [5.41, 5.74) is 1.07. The van der Waals surface area contributed by atoms with E-state index in [9.17, 15) is 9.59 Å². The average molecular weight is 436 g/mol. The predicted molar refractivity (Wildman–Crippen MR) is 114 cm³/mol. The number of carbonyl (C=O) groups excluding carboxylic acids is 2. The van der Waals surface area contributed by atoms with Gasteiger partial charge in [-0.15, -0.1) is 0 Å². The van der Waals surface area contributed by atoms with Gasteiger partial charge < -0.3 is 15.0 Å². The number of benzene rings is 2. The largest absolute Gasteiger partial charge is 0.497 e. The SMILES string of the molecule is COc1ccc(C(=O)NCCN2CCN(C(=O)c3ccc(Cl)cc3Cl)CC2)cc1. The molecule has 1 aliphatic heterocycles. The molecule has 1 aliphatic rings. The molecule has 29 heavy (non-hydrogen) atoms. The average Bonchev–Trinajstić information content (AvgIpc) is 2.74. The van der Waals surface area contributed by atoms with Crippen molar-refractivity contribution in [1.82, 2.24) is 15.1 Å². The standard InChI is InChI=1S/C21H23Cl2N3O3/c1-29-17-5-2-15(3-6-17)20(27)24-8-9-25-10-12-26(13-11-25)21(28)18-7-4-16(22)14-19(18)23/h2-7,14H,8-13H2,1H3,(H,24,27). The smallest absolute Gasteiger partial charge is 0.255 e. The fourth-order valence-electron chi connectivity index (χ4n) is 3.18. The zero-order valence-electron chi connectivity index (χ0n) is 16.2. The molecule has 154 valence electrons. The number of nitrogens with one attached hydrogen (secondary N) is 1. The van der Waals surface area contributed by atoms with E-state index in [1.165, 1.54) is 0 Å². The maximum absolute atomic E-state index is 12.7. The van der Waals surface area contributed by atoms with Crippen LogP contribution in [0.1, 0.15) is 20.7 Å². The van der Waals surface area contributed by atoms with Crippen LogP contribution < -0.4 is 10.1 Å². The molecule has 0 radical (unpaired) electrons. The summed E-state index contributed by atoms with van der Waals surface area (Å²) in [7, 11) is 1.59. The summed E-state index contributed by atoms with van der Waals surface area (Å²) in [6.07, 6.45) is 0. The van der Waals surface area contributed by atoms with Crippen LogP contribution in [0.15, 0.2) is 42.5 Å². The third-order valence-electron chi connectivity index (χ3n) is 4.89. The molecule has 0 spiro atoms. The summed E-state index contributed by atoms with van der Waals surface area (Å²) in [4.78, 5) is 28.9. The molecule has 2 aromatic rings. The molecular formula is C21H23Cl2N3O3. The van der Waals surface area contributed by atoms with Crippen LogP contribution in [-0.4, -0.2) is 68.0 Å². The van der Waals surface area contributed by atoms with Crippen molar-refractivity contribution in [2.75, 3.05) is 46.4 Å². The zero-order valence-corrected chi connectivity index (χ0v) is 17.7. The second-order valence-electron chi connectivity index (χ2n) is 6.74. The topological polar surface area (TPSA) is 61.9 Å². The van der Waals surface area contributed by atoms with E-state index < -0.39 is 0 Å². The van der Waals surface area contributed by atoms with E-state index in [0.29, 0.717) is 46.6 Å². The first-order valence-corrected chi connectivity index (χ1v) is 10.1. The number of amides is 2. The highest BCUT2D eigenvalue weighted by Gasteiger charge is 2.23. The zero-order chi connectivity index (χ0) is 20.8. The lowest BCUT2D eigenvalue weighted by atomic mass is 10.1. The van der Waals surface area contributed by atoms with Crippen LogP contribution in [-0.2, 0) is 0 Å². The molecule has 0 aliphatic carbocycles. The van der Waals surface area contributed by atoms with Gasteiger partial charge in [0.2, 0.25) is 0 Å². The fourth-order valence-corrected chi connectivity index (χ4v) is 3.67. The fraction of sp³-hybridized carbons (Fsp3) is 0.333. The van der Waals surface area contributed by atoms with Gasteiger partial charge in [0.15, 0.2) is 0 Å². The number of piperazine rings is 1. The lowest BCUT2D eigenvalue weighted by Gasteiger charge is -2.34. The summed E-state index contributed by atoms with van der Waals surface area (Å²) in [5.74, 6) is 0.520. The number of ether oxygens (including phenoxy) is 1. The Morgan fingerprint density at radius 1 is 1.03 bits per heavy atom. The summed E-state index contributed by atoms with van der Waals surface area (Å²) >= 11 is 12.0. The van der Waals surface area contributed by atoms with E-state index in [-0.39, 0.29) is 11.8 Å². The van der Waals surface area contributed by atoms with Gasteiger partial charge in [0, 0.05) is 49.9 Å². The van der Waals surface area contributed by atoms with Crippen molar-refractivity contribution in [3.8, 4) is 5.75 Å². The molecule has 0 aromatic heterocycles. The number of halogens is 2. The van der Waals surface area contributed by atoms with E-state index in [2.05, 4.69) is 10.2 Å². The highest BCUT2D eigenvalue weighted by Crippen LogP contribution is 2.22. The van der Waals surface area contributed by atoms with Gasteiger partial charge >= 0.3 is 0 Å². The third kappa shape index (κ3) is 5.63. The molecule has 0 bridgehead atoms. The van der Waals surface area contributed by atoms with Crippen molar-refractivity contribution < 1.29 is 14.3 Å². The Morgan fingerprint density at radius 2 is 1.72 bits per heavy atom. The van der Waals surface area contributed by atoms with Gasteiger partial charge in [0.05, 0.1) is 17.7 Å². The van der Waals surface area contributed by atoms with Crippen LogP contribution in [0.25, 0.3) is 0 Å². The van der Waals surface area contributed by atoms with Crippen LogP contribution in [0.2, 0.25) is 10.0 Å². The van der Waals surface area contributed by atoms with Crippen molar-refractivity contribution in [1.29, 1.82) is 0 Å². The second kappa shape index (κ2) is 9.96. The van der Waals surface area contributed by atoms with Gasteiger partial charge in [-0.25, -0.2) is 0 Å². The van der Waals surface area contributed by atoms with Crippen molar-refractivity contribution in [3.05, 3.63) is 63.6 Å². The Balaban J connectivity index is 1.42. The minimum Gasteiger partial charge on any atom is -0.497 e. The molecule has 2 amide bonds. The Bertz CT molecular complexity index is 866. The molecule has 1 N–H and O–H groups in total.